The highest BCUT2D eigenvalue weighted by atomic mass is 16.6. The van der Waals surface area contributed by atoms with Gasteiger partial charge in [0.2, 0.25) is 17.8 Å². The summed E-state index contributed by atoms with van der Waals surface area (Å²) in [5.74, 6) is 0.958. The SMILES string of the molecule is Cc1ccccc1/C=N/Nc1nc(Nc2cccc([N+](=O)[O-])c2)nc(N2CCOCC2)n1. The third-order valence-electron chi connectivity index (χ3n) is 4.79. The van der Waals surface area contributed by atoms with Crippen LogP contribution < -0.4 is 15.6 Å². The molecule has 1 aliphatic rings. The van der Waals surface area contributed by atoms with E-state index in [0.717, 1.165) is 11.1 Å². The maximum atomic E-state index is 11.1. The van der Waals surface area contributed by atoms with Gasteiger partial charge in [0.05, 0.1) is 24.4 Å². The zero-order valence-electron chi connectivity index (χ0n) is 17.4. The third-order valence-corrected chi connectivity index (χ3v) is 4.79. The summed E-state index contributed by atoms with van der Waals surface area (Å²) in [5, 5.41) is 18.3. The van der Waals surface area contributed by atoms with Crippen molar-refractivity contribution in [2.45, 2.75) is 6.92 Å². The van der Waals surface area contributed by atoms with Gasteiger partial charge in [-0.15, -0.1) is 0 Å². The van der Waals surface area contributed by atoms with Crippen LogP contribution in [0.5, 0.6) is 0 Å². The highest BCUT2D eigenvalue weighted by Gasteiger charge is 2.17. The zero-order valence-corrected chi connectivity index (χ0v) is 17.4. The number of ether oxygens (including phenoxy) is 1. The van der Waals surface area contributed by atoms with Crippen LogP contribution in [0.15, 0.2) is 53.6 Å². The largest absolute Gasteiger partial charge is 0.378 e. The average Bonchev–Trinajstić information content (AvgIpc) is 2.81. The van der Waals surface area contributed by atoms with Crippen LogP contribution in [-0.2, 0) is 4.74 Å². The van der Waals surface area contributed by atoms with Crippen LogP contribution in [-0.4, -0.2) is 52.4 Å². The second-order valence-electron chi connectivity index (χ2n) is 7.04. The van der Waals surface area contributed by atoms with Crippen molar-refractivity contribution in [1.82, 2.24) is 15.0 Å². The van der Waals surface area contributed by atoms with E-state index in [9.17, 15) is 10.1 Å². The molecule has 0 amide bonds. The molecule has 2 aromatic carbocycles. The van der Waals surface area contributed by atoms with E-state index in [1.54, 1.807) is 18.3 Å². The summed E-state index contributed by atoms with van der Waals surface area (Å²) in [5.41, 5.74) is 5.38. The zero-order chi connectivity index (χ0) is 22.3. The highest BCUT2D eigenvalue weighted by molar-refractivity contribution is 5.82. The van der Waals surface area contributed by atoms with Crippen molar-refractivity contribution in [2.24, 2.45) is 5.10 Å². The molecule has 0 saturated carbocycles. The van der Waals surface area contributed by atoms with E-state index in [-0.39, 0.29) is 17.6 Å². The monoisotopic (exact) mass is 434 g/mol. The predicted molar refractivity (Wildman–Crippen MR) is 122 cm³/mol. The number of nitro groups is 1. The molecule has 1 aliphatic heterocycles. The molecular weight excluding hydrogens is 412 g/mol. The van der Waals surface area contributed by atoms with Crippen LogP contribution in [0.2, 0.25) is 0 Å². The summed E-state index contributed by atoms with van der Waals surface area (Å²) in [7, 11) is 0. The number of rotatable bonds is 7. The number of hydrazone groups is 1. The van der Waals surface area contributed by atoms with Crippen LogP contribution in [0.4, 0.5) is 29.2 Å². The van der Waals surface area contributed by atoms with E-state index >= 15 is 0 Å². The first-order valence-electron chi connectivity index (χ1n) is 10.0. The number of nitrogens with one attached hydrogen (secondary N) is 2. The van der Waals surface area contributed by atoms with Crippen molar-refractivity contribution < 1.29 is 9.66 Å². The maximum Gasteiger partial charge on any atom is 0.271 e. The molecule has 0 radical (unpaired) electrons. The Morgan fingerprint density at radius 1 is 1.09 bits per heavy atom. The van der Waals surface area contributed by atoms with Crippen LogP contribution in [0.3, 0.4) is 0 Å². The van der Waals surface area contributed by atoms with Gasteiger partial charge in [-0.2, -0.15) is 20.1 Å². The van der Waals surface area contributed by atoms with E-state index < -0.39 is 4.92 Å². The molecule has 4 rings (SSSR count). The summed E-state index contributed by atoms with van der Waals surface area (Å²) >= 11 is 0. The Labute approximate surface area is 184 Å². The van der Waals surface area contributed by atoms with E-state index in [1.165, 1.54) is 12.1 Å². The molecule has 164 valence electrons. The second-order valence-corrected chi connectivity index (χ2v) is 7.04. The molecule has 2 heterocycles. The fourth-order valence-corrected chi connectivity index (χ4v) is 3.09. The molecule has 1 saturated heterocycles. The lowest BCUT2D eigenvalue weighted by molar-refractivity contribution is -0.384. The molecule has 2 N–H and O–H groups in total. The highest BCUT2D eigenvalue weighted by Crippen LogP contribution is 2.22. The van der Waals surface area contributed by atoms with Crippen LogP contribution in [0, 0.1) is 17.0 Å². The van der Waals surface area contributed by atoms with Crippen LogP contribution >= 0.6 is 0 Å². The van der Waals surface area contributed by atoms with E-state index in [1.807, 2.05) is 36.1 Å². The number of anilines is 4. The Morgan fingerprint density at radius 2 is 1.88 bits per heavy atom. The topological polar surface area (TPSA) is 131 Å². The number of morpholine rings is 1. The van der Waals surface area contributed by atoms with Gasteiger partial charge in [0.1, 0.15) is 0 Å². The number of nitrogens with zero attached hydrogens (tertiary/aromatic N) is 6. The number of nitro benzene ring substituents is 1. The van der Waals surface area contributed by atoms with Gasteiger partial charge >= 0.3 is 0 Å². The average molecular weight is 434 g/mol. The van der Waals surface area contributed by atoms with Gasteiger partial charge < -0.3 is 15.0 Å². The van der Waals surface area contributed by atoms with Crippen molar-refractivity contribution in [3.8, 4) is 0 Å². The Balaban J connectivity index is 1.59. The van der Waals surface area contributed by atoms with Crippen molar-refractivity contribution in [2.75, 3.05) is 41.9 Å². The van der Waals surface area contributed by atoms with Gasteiger partial charge in [-0.1, -0.05) is 30.3 Å². The standard InChI is InChI=1S/C21H22N8O3/c1-15-5-2-3-6-16(15)14-22-27-20-24-19(23-17-7-4-8-18(13-17)29(30)31)25-21(26-20)28-9-11-32-12-10-28/h2-8,13-14H,9-12H2,1H3,(H2,23,24,25,26,27)/b22-14+. The maximum absolute atomic E-state index is 11.1. The molecule has 3 aromatic rings. The fourth-order valence-electron chi connectivity index (χ4n) is 3.09. The molecule has 11 nitrogen and oxygen atoms in total. The number of hydrogen-bond donors (Lipinski definition) is 2. The molecule has 0 aliphatic carbocycles. The minimum atomic E-state index is -0.453. The Bertz CT molecular complexity index is 1130. The molecule has 0 bridgehead atoms. The normalized spacial score (nSPS) is 13.8. The first-order valence-corrected chi connectivity index (χ1v) is 10.0. The minimum Gasteiger partial charge on any atom is -0.378 e. The van der Waals surface area contributed by atoms with E-state index in [2.05, 4.69) is 30.8 Å². The Morgan fingerprint density at radius 3 is 2.66 bits per heavy atom. The predicted octanol–water partition coefficient (Wildman–Crippen LogP) is 3.11. The van der Waals surface area contributed by atoms with E-state index in [4.69, 9.17) is 4.74 Å². The molecule has 0 unspecified atom stereocenters. The van der Waals surface area contributed by atoms with Gasteiger partial charge in [0.25, 0.3) is 5.69 Å². The molecule has 1 aromatic heterocycles. The summed E-state index contributed by atoms with van der Waals surface area (Å²) in [6.07, 6.45) is 1.70. The van der Waals surface area contributed by atoms with Crippen molar-refractivity contribution in [3.05, 3.63) is 69.8 Å². The Hall–Kier alpha value is -4.12. The number of hydrogen-bond acceptors (Lipinski definition) is 10. The molecule has 0 atom stereocenters. The smallest absolute Gasteiger partial charge is 0.271 e. The van der Waals surface area contributed by atoms with Crippen LogP contribution in [0.1, 0.15) is 11.1 Å². The number of aromatic nitrogens is 3. The fraction of sp³-hybridized carbons (Fsp3) is 0.238. The van der Waals surface area contributed by atoms with Crippen molar-refractivity contribution in [1.29, 1.82) is 0 Å². The van der Waals surface area contributed by atoms with Gasteiger partial charge in [0.15, 0.2) is 0 Å². The quantitative estimate of drug-likeness (QED) is 0.327. The van der Waals surface area contributed by atoms with Gasteiger partial charge in [-0.25, -0.2) is 5.43 Å². The summed E-state index contributed by atoms with van der Waals surface area (Å²) < 4.78 is 5.41. The molecular formula is C21H22N8O3. The van der Waals surface area contributed by atoms with E-state index in [0.29, 0.717) is 37.9 Å². The minimum absolute atomic E-state index is 0.0290. The van der Waals surface area contributed by atoms with Crippen LogP contribution in [0.25, 0.3) is 0 Å². The summed E-state index contributed by atoms with van der Waals surface area (Å²) in [6.45, 7) is 4.45. The number of benzene rings is 2. The summed E-state index contributed by atoms with van der Waals surface area (Å²) in [6, 6.07) is 14.0. The molecule has 11 heteroatoms. The van der Waals surface area contributed by atoms with Gasteiger partial charge in [-0.05, 0) is 24.1 Å². The lowest BCUT2D eigenvalue weighted by Crippen LogP contribution is -2.37. The second kappa shape index (κ2) is 9.79. The van der Waals surface area contributed by atoms with Gasteiger partial charge in [0, 0.05) is 30.9 Å². The lowest BCUT2D eigenvalue weighted by Gasteiger charge is -2.27. The first-order chi connectivity index (χ1) is 15.6. The first kappa shape index (κ1) is 21.1. The number of aryl methyl sites for hydroxylation is 1. The lowest BCUT2D eigenvalue weighted by atomic mass is 10.1. The number of non-ortho nitro benzene ring substituents is 1. The molecule has 1 fully saturated rings. The molecule has 0 spiro atoms. The Kier molecular flexibility index (Phi) is 6.46. The summed E-state index contributed by atoms with van der Waals surface area (Å²) in [4.78, 5) is 25.9. The van der Waals surface area contributed by atoms with Crippen molar-refractivity contribution >= 4 is 35.4 Å². The molecule has 32 heavy (non-hydrogen) atoms. The van der Waals surface area contributed by atoms with Crippen molar-refractivity contribution in [3.63, 3.8) is 0 Å². The third kappa shape index (κ3) is 5.32. The van der Waals surface area contributed by atoms with Gasteiger partial charge in [-0.3, -0.25) is 10.1 Å².